The Bertz CT molecular complexity index is 723. The fourth-order valence-electron chi connectivity index (χ4n) is 1.61. The highest BCUT2D eigenvalue weighted by molar-refractivity contribution is 7.92. The van der Waals surface area contributed by atoms with Crippen molar-refractivity contribution in [2.24, 2.45) is 7.05 Å². The highest BCUT2D eigenvalue weighted by atomic mass is 35.5. The molecule has 2 aromatic rings. The Hall–Kier alpha value is -1.53. The summed E-state index contributed by atoms with van der Waals surface area (Å²) in [5.74, 6) is 0. The highest BCUT2D eigenvalue weighted by Gasteiger charge is 2.20. The summed E-state index contributed by atoms with van der Waals surface area (Å²) in [4.78, 5) is 0.159. The van der Waals surface area contributed by atoms with Gasteiger partial charge >= 0.3 is 0 Å². The molecule has 1 heterocycles. The third-order valence-electron chi connectivity index (χ3n) is 2.90. The van der Waals surface area contributed by atoms with E-state index in [1.54, 1.807) is 32.2 Å². The number of benzene rings is 1. The molecule has 0 saturated heterocycles. The maximum atomic E-state index is 12.2. The van der Waals surface area contributed by atoms with Gasteiger partial charge in [-0.25, -0.2) is 8.42 Å². The molecule has 0 spiro atoms. The van der Waals surface area contributed by atoms with E-state index < -0.39 is 10.0 Å². The molecule has 1 aromatic heterocycles. The van der Waals surface area contributed by atoms with Gasteiger partial charge in [0.05, 0.1) is 17.6 Å². The number of sulfonamides is 1. The SMILES string of the molecule is Cc1ccc(NS(=O)(=O)c2cnn(C)c2C)cc1Cl. The van der Waals surface area contributed by atoms with Crippen LogP contribution in [-0.4, -0.2) is 18.2 Å². The molecular formula is C12H14ClN3O2S. The zero-order valence-corrected chi connectivity index (χ0v) is 12.4. The fraction of sp³-hybridized carbons (Fsp3) is 0.250. The molecule has 102 valence electrons. The van der Waals surface area contributed by atoms with Crippen molar-refractivity contribution in [2.45, 2.75) is 18.7 Å². The predicted octanol–water partition coefficient (Wildman–Crippen LogP) is 2.49. The molecule has 0 unspecified atom stereocenters. The Labute approximate surface area is 117 Å². The van der Waals surface area contributed by atoms with Crippen LogP contribution in [0.4, 0.5) is 5.69 Å². The summed E-state index contributed by atoms with van der Waals surface area (Å²) in [6.07, 6.45) is 1.33. The molecule has 0 saturated carbocycles. The van der Waals surface area contributed by atoms with Crippen molar-refractivity contribution >= 4 is 27.3 Å². The lowest BCUT2D eigenvalue weighted by Gasteiger charge is -2.08. The molecule has 7 heteroatoms. The second-order valence-corrected chi connectivity index (χ2v) is 6.35. The quantitative estimate of drug-likeness (QED) is 0.947. The molecule has 1 N–H and O–H groups in total. The van der Waals surface area contributed by atoms with Crippen LogP contribution in [0.2, 0.25) is 5.02 Å². The zero-order valence-electron chi connectivity index (χ0n) is 10.8. The van der Waals surface area contributed by atoms with E-state index in [1.165, 1.54) is 10.9 Å². The van der Waals surface area contributed by atoms with Crippen molar-refractivity contribution < 1.29 is 8.42 Å². The largest absolute Gasteiger partial charge is 0.279 e. The maximum Gasteiger partial charge on any atom is 0.265 e. The first-order valence-electron chi connectivity index (χ1n) is 5.59. The first-order valence-corrected chi connectivity index (χ1v) is 7.45. The number of hydrogen-bond donors (Lipinski definition) is 1. The van der Waals surface area contributed by atoms with Gasteiger partial charge in [-0.15, -0.1) is 0 Å². The zero-order chi connectivity index (χ0) is 14.2. The summed E-state index contributed by atoms with van der Waals surface area (Å²) in [6, 6.07) is 5.01. The van der Waals surface area contributed by atoms with Gasteiger partial charge < -0.3 is 0 Å². The van der Waals surface area contributed by atoms with Crippen LogP contribution in [0.1, 0.15) is 11.3 Å². The molecule has 0 atom stereocenters. The average Bonchev–Trinajstić information content (AvgIpc) is 2.65. The van der Waals surface area contributed by atoms with Crippen molar-refractivity contribution in [3.63, 3.8) is 0 Å². The number of halogens is 1. The number of anilines is 1. The number of aryl methyl sites for hydroxylation is 2. The molecule has 5 nitrogen and oxygen atoms in total. The molecule has 0 aliphatic rings. The summed E-state index contributed by atoms with van der Waals surface area (Å²) >= 11 is 5.97. The Morgan fingerprint density at radius 1 is 1.32 bits per heavy atom. The van der Waals surface area contributed by atoms with Gasteiger partial charge in [0, 0.05) is 12.1 Å². The number of nitrogens with zero attached hydrogens (tertiary/aromatic N) is 2. The van der Waals surface area contributed by atoms with Crippen molar-refractivity contribution in [3.8, 4) is 0 Å². The fourth-order valence-corrected chi connectivity index (χ4v) is 3.04. The number of nitrogens with one attached hydrogen (secondary N) is 1. The minimum atomic E-state index is -3.64. The summed E-state index contributed by atoms with van der Waals surface area (Å²) < 4.78 is 28.5. The molecule has 0 amide bonds. The van der Waals surface area contributed by atoms with Crippen molar-refractivity contribution in [1.29, 1.82) is 0 Å². The van der Waals surface area contributed by atoms with Gasteiger partial charge in [-0.3, -0.25) is 9.40 Å². The molecule has 19 heavy (non-hydrogen) atoms. The Kier molecular flexibility index (Phi) is 3.56. The van der Waals surface area contributed by atoms with Gasteiger partial charge in [-0.1, -0.05) is 17.7 Å². The minimum Gasteiger partial charge on any atom is -0.279 e. The molecule has 0 fully saturated rings. The summed E-state index contributed by atoms with van der Waals surface area (Å²) in [5, 5.41) is 4.44. The lowest BCUT2D eigenvalue weighted by Crippen LogP contribution is -2.13. The molecule has 2 rings (SSSR count). The van der Waals surface area contributed by atoms with E-state index in [0.29, 0.717) is 16.4 Å². The van der Waals surface area contributed by atoms with E-state index in [4.69, 9.17) is 11.6 Å². The predicted molar refractivity (Wildman–Crippen MR) is 74.9 cm³/mol. The van der Waals surface area contributed by atoms with E-state index in [9.17, 15) is 8.42 Å². The van der Waals surface area contributed by atoms with Crippen LogP contribution < -0.4 is 4.72 Å². The summed E-state index contributed by atoms with van der Waals surface area (Å²) in [5.41, 5.74) is 1.90. The van der Waals surface area contributed by atoms with Crippen molar-refractivity contribution in [3.05, 3.63) is 40.7 Å². The van der Waals surface area contributed by atoms with Crippen LogP contribution in [0.5, 0.6) is 0 Å². The van der Waals surface area contributed by atoms with E-state index in [1.807, 2.05) is 6.92 Å². The van der Waals surface area contributed by atoms with Gasteiger partial charge in [0.25, 0.3) is 10.0 Å². The monoisotopic (exact) mass is 299 g/mol. The van der Waals surface area contributed by atoms with Gasteiger partial charge in [0.15, 0.2) is 0 Å². The lowest BCUT2D eigenvalue weighted by molar-refractivity contribution is 0.600. The first-order chi connectivity index (χ1) is 8.81. The average molecular weight is 300 g/mol. The Morgan fingerprint density at radius 3 is 2.53 bits per heavy atom. The smallest absolute Gasteiger partial charge is 0.265 e. The first kappa shape index (κ1) is 13.9. The topological polar surface area (TPSA) is 64.0 Å². The maximum absolute atomic E-state index is 12.2. The van der Waals surface area contributed by atoms with Gasteiger partial charge in [-0.05, 0) is 31.5 Å². The minimum absolute atomic E-state index is 0.159. The van der Waals surface area contributed by atoms with Crippen molar-refractivity contribution in [2.75, 3.05) is 4.72 Å². The normalized spacial score (nSPS) is 11.6. The Morgan fingerprint density at radius 2 is 2.00 bits per heavy atom. The van der Waals surface area contributed by atoms with E-state index in [2.05, 4.69) is 9.82 Å². The lowest BCUT2D eigenvalue weighted by atomic mass is 10.2. The Balaban J connectivity index is 2.36. The molecular weight excluding hydrogens is 286 g/mol. The molecule has 0 aliphatic carbocycles. The number of hydrogen-bond acceptors (Lipinski definition) is 3. The van der Waals surface area contributed by atoms with Crippen LogP contribution in [-0.2, 0) is 17.1 Å². The summed E-state index contributed by atoms with van der Waals surface area (Å²) in [6.45, 7) is 3.55. The van der Waals surface area contributed by atoms with E-state index >= 15 is 0 Å². The summed E-state index contributed by atoms with van der Waals surface area (Å²) in [7, 11) is -1.95. The number of aromatic nitrogens is 2. The van der Waals surface area contributed by atoms with E-state index in [0.717, 1.165) is 5.56 Å². The van der Waals surface area contributed by atoms with Crippen LogP contribution in [0, 0.1) is 13.8 Å². The molecule has 1 aromatic carbocycles. The van der Waals surface area contributed by atoms with Crippen LogP contribution >= 0.6 is 11.6 Å². The van der Waals surface area contributed by atoms with Crippen molar-refractivity contribution in [1.82, 2.24) is 9.78 Å². The van der Waals surface area contributed by atoms with Gasteiger partial charge in [0.1, 0.15) is 4.90 Å². The van der Waals surface area contributed by atoms with Crippen LogP contribution in [0.3, 0.4) is 0 Å². The van der Waals surface area contributed by atoms with E-state index in [-0.39, 0.29) is 4.90 Å². The van der Waals surface area contributed by atoms with Gasteiger partial charge in [0.2, 0.25) is 0 Å². The third-order valence-corrected chi connectivity index (χ3v) is 4.80. The number of rotatable bonds is 3. The second-order valence-electron chi connectivity index (χ2n) is 4.29. The molecule has 0 bridgehead atoms. The standard InChI is InChI=1S/C12H14ClN3O2S/c1-8-4-5-10(6-11(8)13)15-19(17,18)12-7-14-16(3)9(12)2/h4-7,15H,1-3H3. The second kappa shape index (κ2) is 4.86. The molecule has 0 aliphatic heterocycles. The highest BCUT2D eigenvalue weighted by Crippen LogP contribution is 2.23. The van der Waals surface area contributed by atoms with Crippen LogP contribution in [0.15, 0.2) is 29.3 Å². The third kappa shape index (κ3) is 2.74. The molecule has 0 radical (unpaired) electrons. The van der Waals surface area contributed by atoms with Crippen LogP contribution in [0.25, 0.3) is 0 Å². The van der Waals surface area contributed by atoms with Gasteiger partial charge in [-0.2, -0.15) is 5.10 Å².